The third kappa shape index (κ3) is 3.36. The average Bonchev–Trinajstić information content (AvgIpc) is 2.72. The molecule has 0 saturated carbocycles. The standard InChI is InChI=1S/C13H17ClFNS/c1-2-16-13-8-17-7-10(13)5-9-3-4-12(15)11(14)6-9/h3-4,6,10,13,16H,2,5,7-8H2,1H3. The summed E-state index contributed by atoms with van der Waals surface area (Å²) in [7, 11) is 0. The fraction of sp³-hybridized carbons (Fsp3) is 0.538. The Balaban J connectivity index is 2.02. The second-order valence-corrected chi connectivity index (χ2v) is 5.90. The van der Waals surface area contributed by atoms with Gasteiger partial charge in [0.1, 0.15) is 5.82 Å². The van der Waals surface area contributed by atoms with Gasteiger partial charge in [0.05, 0.1) is 5.02 Å². The maximum absolute atomic E-state index is 13.1. The Labute approximate surface area is 111 Å². The van der Waals surface area contributed by atoms with E-state index in [9.17, 15) is 4.39 Å². The van der Waals surface area contributed by atoms with Gasteiger partial charge in [-0.2, -0.15) is 11.8 Å². The number of benzene rings is 1. The molecule has 0 aromatic heterocycles. The minimum Gasteiger partial charge on any atom is -0.313 e. The molecule has 1 nitrogen and oxygen atoms in total. The summed E-state index contributed by atoms with van der Waals surface area (Å²) >= 11 is 7.79. The lowest BCUT2D eigenvalue weighted by Crippen LogP contribution is -2.36. The zero-order valence-electron chi connectivity index (χ0n) is 9.88. The second-order valence-electron chi connectivity index (χ2n) is 4.41. The van der Waals surface area contributed by atoms with Crippen LogP contribution in [0.3, 0.4) is 0 Å². The van der Waals surface area contributed by atoms with Gasteiger partial charge < -0.3 is 5.32 Å². The van der Waals surface area contributed by atoms with Crippen molar-refractivity contribution in [3.8, 4) is 0 Å². The van der Waals surface area contributed by atoms with Crippen LogP contribution in [0.25, 0.3) is 0 Å². The van der Waals surface area contributed by atoms with Crippen LogP contribution in [0.5, 0.6) is 0 Å². The van der Waals surface area contributed by atoms with Crippen molar-refractivity contribution in [2.24, 2.45) is 5.92 Å². The fourth-order valence-corrected chi connectivity index (χ4v) is 3.89. The molecule has 1 saturated heterocycles. The van der Waals surface area contributed by atoms with E-state index >= 15 is 0 Å². The van der Waals surface area contributed by atoms with Crippen LogP contribution >= 0.6 is 23.4 Å². The molecule has 1 aromatic carbocycles. The molecule has 0 radical (unpaired) electrons. The van der Waals surface area contributed by atoms with Crippen molar-refractivity contribution in [1.82, 2.24) is 5.32 Å². The Bertz CT molecular complexity index is 386. The zero-order valence-corrected chi connectivity index (χ0v) is 11.5. The molecule has 0 bridgehead atoms. The number of hydrogen-bond acceptors (Lipinski definition) is 2. The maximum Gasteiger partial charge on any atom is 0.141 e. The van der Waals surface area contributed by atoms with E-state index in [4.69, 9.17) is 11.6 Å². The first kappa shape index (κ1) is 13.2. The third-order valence-corrected chi connectivity index (χ3v) is 4.69. The highest BCUT2D eigenvalue weighted by Crippen LogP contribution is 2.28. The van der Waals surface area contributed by atoms with Crippen LogP contribution in [0, 0.1) is 11.7 Å². The van der Waals surface area contributed by atoms with Crippen LogP contribution < -0.4 is 5.32 Å². The first-order valence-corrected chi connectivity index (χ1v) is 7.49. The van der Waals surface area contributed by atoms with Gasteiger partial charge >= 0.3 is 0 Å². The number of thioether (sulfide) groups is 1. The fourth-order valence-electron chi connectivity index (χ4n) is 2.26. The predicted molar refractivity (Wildman–Crippen MR) is 73.4 cm³/mol. The van der Waals surface area contributed by atoms with E-state index in [1.807, 2.05) is 17.8 Å². The van der Waals surface area contributed by atoms with Crippen molar-refractivity contribution >= 4 is 23.4 Å². The molecule has 0 spiro atoms. The van der Waals surface area contributed by atoms with Gasteiger partial charge in [-0.25, -0.2) is 4.39 Å². The summed E-state index contributed by atoms with van der Waals surface area (Å²) in [4.78, 5) is 0. The maximum atomic E-state index is 13.1. The lowest BCUT2D eigenvalue weighted by atomic mass is 9.95. The van der Waals surface area contributed by atoms with Crippen LogP contribution in [0.1, 0.15) is 12.5 Å². The summed E-state index contributed by atoms with van der Waals surface area (Å²) < 4.78 is 13.1. The molecule has 1 aromatic rings. The second kappa shape index (κ2) is 6.07. The Morgan fingerprint density at radius 3 is 3.00 bits per heavy atom. The van der Waals surface area contributed by atoms with E-state index in [2.05, 4.69) is 12.2 Å². The number of hydrogen-bond donors (Lipinski definition) is 1. The summed E-state index contributed by atoms with van der Waals surface area (Å²) in [6, 6.07) is 5.63. The molecule has 17 heavy (non-hydrogen) atoms. The van der Waals surface area contributed by atoms with Crippen molar-refractivity contribution in [2.45, 2.75) is 19.4 Å². The number of rotatable bonds is 4. The van der Waals surface area contributed by atoms with Crippen molar-refractivity contribution in [2.75, 3.05) is 18.1 Å². The summed E-state index contributed by atoms with van der Waals surface area (Å²) in [6.45, 7) is 3.14. The van der Waals surface area contributed by atoms with Gasteiger partial charge in [-0.3, -0.25) is 0 Å². The minimum atomic E-state index is -0.334. The molecule has 1 N–H and O–H groups in total. The molecular formula is C13H17ClFNS. The summed E-state index contributed by atoms with van der Waals surface area (Å²) in [5, 5.41) is 3.74. The summed E-state index contributed by atoms with van der Waals surface area (Å²) in [5.74, 6) is 2.64. The Morgan fingerprint density at radius 1 is 1.47 bits per heavy atom. The van der Waals surface area contributed by atoms with Crippen LogP contribution in [-0.4, -0.2) is 24.1 Å². The van der Waals surface area contributed by atoms with Crippen LogP contribution in [-0.2, 0) is 6.42 Å². The zero-order chi connectivity index (χ0) is 12.3. The molecule has 2 rings (SSSR count). The number of nitrogens with one attached hydrogen (secondary N) is 1. The first-order chi connectivity index (χ1) is 8.20. The molecule has 0 aliphatic carbocycles. The summed E-state index contributed by atoms with van der Waals surface area (Å²) in [5.41, 5.74) is 1.13. The SMILES string of the molecule is CCNC1CSCC1Cc1ccc(F)c(Cl)c1. The van der Waals surface area contributed by atoms with Crippen LogP contribution in [0.4, 0.5) is 4.39 Å². The topological polar surface area (TPSA) is 12.0 Å². The van der Waals surface area contributed by atoms with Crippen LogP contribution in [0.2, 0.25) is 5.02 Å². The van der Waals surface area contributed by atoms with Gasteiger partial charge in [0.25, 0.3) is 0 Å². The predicted octanol–water partition coefficient (Wildman–Crippen LogP) is 3.36. The van der Waals surface area contributed by atoms with Gasteiger partial charge in [0.15, 0.2) is 0 Å². The van der Waals surface area contributed by atoms with E-state index in [0.29, 0.717) is 12.0 Å². The smallest absolute Gasteiger partial charge is 0.141 e. The molecule has 4 heteroatoms. The Kier molecular flexibility index (Phi) is 4.71. The van der Waals surface area contributed by atoms with E-state index in [0.717, 1.165) is 18.5 Å². The van der Waals surface area contributed by atoms with Crippen molar-refractivity contribution in [3.63, 3.8) is 0 Å². The summed E-state index contributed by atoms with van der Waals surface area (Å²) in [6.07, 6.45) is 0.977. The molecule has 1 aliphatic rings. The molecule has 94 valence electrons. The molecule has 0 amide bonds. The molecular weight excluding hydrogens is 257 g/mol. The quantitative estimate of drug-likeness (QED) is 0.903. The highest BCUT2D eigenvalue weighted by Gasteiger charge is 2.27. The normalized spacial score (nSPS) is 24.2. The highest BCUT2D eigenvalue weighted by atomic mass is 35.5. The first-order valence-electron chi connectivity index (χ1n) is 5.95. The van der Waals surface area contributed by atoms with E-state index < -0.39 is 0 Å². The molecule has 1 aliphatic heterocycles. The van der Waals surface area contributed by atoms with E-state index in [1.54, 1.807) is 6.07 Å². The van der Waals surface area contributed by atoms with E-state index in [-0.39, 0.29) is 10.8 Å². The molecule has 2 atom stereocenters. The van der Waals surface area contributed by atoms with Crippen molar-refractivity contribution < 1.29 is 4.39 Å². The minimum absolute atomic E-state index is 0.230. The third-order valence-electron chi connectivity index (χ3n) is 3.15. The largest absolute Gasteiger partial charge is 0.313 e. The number of halogens is 2. The average molecular weight is 274 g/mol. The van der Waals surface area contributed by atoms with E-state index in [1.165, 1.54) is 17.6 Å². The lowest BCUT2D eigenvalue weighted by Gasteiger charge is -2.19. The highest BCUT2D eigenvalue weighted by molar-refractivity contribution is 7.99. The Morgan fingerprint density at radius 2 is 2.29 bits per heavy atom. The van der Waals surface area contributed by atoms with Gasteiger partial charge in [-0.15, -0.1) is 0 Å². The van der Waals surface area contributed by atoms with Crippen LogP contribution in [0.15, 0.2) is 18.2 Å². The monoisotopic (exact) mass is 273 g/mol. The molecule has 1 heterocycles. The van der Waals surface area contributed by atoms with Gasteiger partial charge in [0.2, 0.25) is 0 Å². The Hall–Kier alpha value is -0.250. The van der Waals surface area contributed by atoms with Crippen molar-refractivity contribution in [3.05, 3.63) is 34.6 Å². The molecule has 1 fully saturated rings. The van der Waals surface area contributed by atoms with Gasteiger partial charge in [-0.05, 0) is 42.3 Å². The van der Waals surface area contributed by atoms with Crippen molar-refractivity contribution in [1.29, 1.82) is 0 Å². The van der Waals surface area contributed by atoms with Gasteiger partial charge in [-0.1, -0.05) is 24.6 Å². The molecule has 2 unspecified atom stereocenters. The lowest BCUT2D eigenvalue weighted by molar-refractivity contribution is 0.433. The van der Waals surface area contributed by atoms with Gasteiger partial charge in [0, 0.05) is 11.8 Å².